The predicted octanol–water partition coefficient (Wildman–Crippen LogP) is 4.91. The van der Waals surface area contributed by atoms with Gasteiger partial charge in [0.1, 0.15) is 11.5 Å². The molecule has 1 aromatic heterocycles. The van der Waals surface area contributed by atoms with Crippen molar-refractivity contribution in [2.45, 2.75) is 52.7 Å². The molecule has 0 fully saturated rings. The number of benzene rings is 1. The molecule has 0 aliphatic carbocycles. The zero-order valence-corrected chi connectivity index (χ0v) is 15.9. The largest absolute Gasteiger partial charge is 0.493 e. The highest BCUT2D eigenvalue weighted by Gasteiger charge is 2.07. The molecule has 1 aromatic carbocycles. The number of ether oxygens (including phenoxy) is 2. The van der Waals surface area contributed by atoms with E-state index in [1.807, 2.05) is 32.0 Å². The lowest BCUT2D eigenvalue weighted by molar-refractivity contribution is 0.242. The van der Waals surface area contributed by atoms with Gasteiger partial charge in [0.25, 0.3) is 5.56 Å². The summed E-state index contributed by atoms with van der Waals surface area (Å²) in [5, 5.41) is 0.588. The molecule has 0 saturated carbocycles. The average molecular weight is 364 g/mol. The Hall–Kier alpha value is -1.94. The lowest BCUT2D eigenvalue weighted by Gasteiger charge is -2.13. The summed E-state index contributed by atoms with van der Waals surface area (Å²) in [5.41, 5.74) is 0.767. The molecule has 2 aromatic rings. The topological polar surface area (TPSA) is 40.5 Å². The maximum absolute atomic E-state index is 12.3. The second-order valence-corrected chi connectivity index (χ2v) is 6.71. The SMILES string of the molecule is CCCCCOc1ccn(Cc2ccc(OC(C)C)cc2Cl)c(=O)c1. The summed E-state index contributed by atoms with van der Waals surface area (Å²) >= 11 is 6.32. The molecule has 0 atom stereocenters. The van der Waals surface area contributed by atoms with Gasteiger partial charge in [0.2, 0.25) is 0 Å². The van der Waals surface area contributed by atoms with Crippen LogP contribution in [0.1, 0.15) is 45.6 Å². The fourth-order valence-electron chi connectivity index (χ4n) is 2.44. The smallest absolute Gasteiger partial charge is 0.254 e. The Labute approximate surface area is 154 Å². The van der Waals surface area contributed by atoms with Gasteiger partial charge in [-0.1, -0.05) is 37.4 Å². The number of hydrogen-bond donors (Lipinski definition) is 0. The molecule has 1 heterocycles. The van der Waals surface area contributed by atoms with Gasteiger partial charge in [0.15, 0.2) is 0 Å². The minimum atomic E-state index is -0.105. The number of pyridine rings is 1. The van der Waals surface area contributed by atoms with Crippen LogP contribution < -0.4 is 15.0 Å². The van der Waals surface area contributed by atoms with Crippen molar-refractivity contribution in [2.24, 2.45) is 0 Å². The molecule has 0 unspecified atom stereocenters. The number of rotatable bonds is 9. The molecule has 2 rings (SSSR count). The van der Waals surface area contributed by atoms with E-state index in [0.717, 1.165) is 30.6 Å². The summed E-state index contributed by atoms with van der Waals surface area (Å²) in [6.07, 6.45) is 5.11. The average Bonchev–Trinajstić information content (AvgIpc) is 2.55. The van der Waals surface area contributed by atoms with Crippen molar-refractivity contribution in [3.63, 3.8) is 0 Å². The molecule has 25 heavy (non-hydrogen) atoms. The molecule has 0 N–H and O–H groups in total. The molecular weight excluding hydrogens is 338 g/mol. The number of aromatic nitrogens is 1. The Morgan fingerprint density at radius 1 is 1.12 bits per heavy atom. The maximum atomic E-state index is 12.3. The van der Waals surface area contributed by atoms with E-state index in [0.29, 0.717) is 23.9 Å². The Morgan fingerprint density at radius 2 is 1.92 bits per heavy atom. The standard InChI is InChI=1S/C20H26ClNO3/c1-4-5-6-11-24-17-9-10-22(20(23)13-17)14-16-7-8-18(12-19(16)21)25-15(2)3/h7-10,12-13,15H,4-6,11,14H2,1-3H3. The van der Waals surface area contributed by atoms with Crippen molar-refractivity contribution in [1.29, 1.82) is 0 Å². The molecular formula is C20H26ClNO3. The number of halogens is 1. The summed E-state index contributed by atoms with van der Waals surface area (Å²) < 4.78 is 12.9. The van der Waals surface area contributed by atoms with Crippen LogP contribution >= 0.6 is 11.6 Å². The molecule has 0 saturated heterocycles. The van der Waals surface area contributed by atoms with Gasteiger partial charge >= 0.3 is 0 Å². The van der Waals surface area contributed by atoms with Gasteiger partial charge in [-0.05, 0) is 44.0 Å². The third-order valence-corrected chi connectivity index (χ3v) is 4.07. The van der Waals surface area contributed by atoms with Crippen molar-refractivity contribution in [3.05, 3.63) is 57.5 Å². The van der Waals surface area contributed by atoms with Crippen LogP contribution in [0.2, 0.25) is 5.02 Å². The number of nitrogens with zero attached hydrogens (tertiary/aromatic N) is 1. The Bertz CT molecular complexity index is 740. The number of hydrogen-bond acceptors (Lipinski definition) is 3. The van der Waals surface area contributed by atoms with Crippen molar-refractivity contribution < 1.29 is 9.47 Å². The van der Waals surface area contributed by atoms with Gasteiger partial charge in [-0.25, -0.2) is 0 Å². The minimum absolute atomic E-state index is 0.0920. The van der Waals surface area contributed by atoms with Gasteiger partial charge in [-0.15, -0.1) is 0 Å². The van der Waals surface area contributed by atoms with E-state index in [4.69, 9.17) is 21.1 Å². The number of unbranched alkanes of at least 4 members (excludes halogenated alkanes) is 2. The molecule has 0 aliphatic rings. The van der Waals surface area contributed by atoms with E-state index < -0.39 is 0 Å². The summed E-state index contributed by atoms with van der Waals surface area (Å²) in [7, 11) is 0. The summed E-state index contributed by atoms with van der Waals surface area (Å²) in [4.78, 5) is 12.3. The second-order valence-electron chi connectivity index (χ2n) is 6.30. The van der Waals surface area contributed by atoms with Crippen molar-refractivity contribution in [1.82, 2.24) is 4.57 Å². The molecule has 0 aliphatic heterocycles. The van der Waals surface area contributed by atoms with E-state index >= 15 is 0 Å². The fourth-order valence-corrected chi connectivity index (χ4v) is 2.67. The summed E-state index contributed by atoms with van der Waals surface area (Å²) in [5.74, 6) is 1.34. The zero-order chi connectivity index (χ0) is 18.2. The van der Waals surface area contributed by atoms with Crippen LogP contribution in [0.25, 0.3) is 0 Å². The fraction of sp³-hybridized carbons (Fsp3) is 0.450. The molecule has 0 amide bonds. The highest BCUT2D eigenvalue weighted by Crippen LogP contribution is 2.24. The van der Waals surface area contributed by atoms with E-state index in [2.05, 4.69) is 6.92 Å². The molecule has 5 heteroatoms. The molecule has 0 bridgehead atoms. The lowest BCUT2D eigenvalue weighted by atomic mass is 10.2. The van der Waals surface area contributed by atoms with Crippen molar-refractivity contribution in [3.8, 4) is 11.5 Å². The second kappa shape index (κ2) is 9.52. The van der Waals surface area contributed by atoms with Crippen molar-refractivity contribution in [2.75, 3.05) is 6.61 Å². The van der Waals surface area contributed by atoms with Crippen LogP contribution in [0, 0.1) is 0 Å². The monoisotopic (exact) mass is 363 g/mol. The van der Waals surface area contributed by atoms with E-state index in [1.165, 1.54) is 6.07 Å². The first-order valence-corrected chi connectivity index (χ1v) is 9.15. The minimum Gasteiger partial charge on any atom is -0.493 e. The van der Waals surface area contributed by atoms with Gasteiger partial charge in [-0.3, -0.25) is 4.79 Å². The first-order chi connectivity index (χ1) is 12.0. The lowest BCUT2D eigenvalue weighted by Crippen LogP contribution is -2.19. The summed E-state index contributed by atoms with van der Waals surface area (Å²) in [6, 6.07) is 8.89. The summed E-state index contributed by atoms with van der Waals surface area (Å²) in [6.45, 7) is 7.13. The molecule has 4 nitrogen and oxygen atoms in total. The van der Waals surface area contributed by atoms with E-state index in [-0.39, 0.29) is 11.7 Å². The highest BCUT2D eigenvalue weighted by atomic mass is 35.5. The van der Waals surface area contributed by atoms with E-state index in [1.54, 1.807) is 16.8 Å². The molecule has 136 valence electrons. The van der Waals surface area contributed by atoms with Gasteiger partial charge in [0, 0.05) is 17.3 Å². The van der Waals surface area contributed by atoms with Crippen LogP contribution in [-0.2, 0) is 6.54 Å². The third kappa shape index (κ3) is 6.13. The maximum Gasteiger partial charge on any atom is 0.254 e. The van der Waals surface area contributed by atoms with Gasteiger partial charge in [-0.2, -0.15) is 0 Å². The van der Waals surface area contributed by atoms with Crippen LogP contribution in [0.15, 0.2) is 41.3 Å². The van der Waals surface area contributed by atoms with E-state index in [9.17, 15) is 4.79 Å². The Morgan fingerprint density at radius 3 is 2.56 bits per heavy atom. The predicted molar refractivity (Wildman–Crippen MR) is 102 cm³/mol. The van der Waals surface area contributed by atoms with Crippen LogP contribution in [0.4, 0.5) is 0 Å². The van der Waals surface area contributed by atoms with Crippen LogP contribution in [0.5, 0.6) is 11.5 Å². The Balaban J connectivity index is 2.04. The molecule has 0 radical (unpaired) electrons. The molecule has 0 spiro atoms. The Kier molecular flexibility index (Phi) is 7.38. The van der Waals surface area contributed by atoms with Crippen molar-refractivity contribution >= 4 is 11.6 Å². The van der Waals surface area contributed by atoms with Gasteiger partial charge in [0.05, 0.1) is 19.3 Å². The third-order valence-electron chi connectivity index (χ3n) is 3.72. The van der Waals surface area contributed by atoms with Crippen LogP contribution in [-0.4, -0.2) is 17.3 Å². The van der Waals surface area contributed by atoms with Gasteiger partial charge < -0.3 is 14.0 Å². The quantitative estimate of drug-likeness (QED) is 0.594. The highest BCUT2D eigenvalue weighted by molar-refractivity contribution is 6.31. The zero-order valence-electron chi connectivity index (χ0n) is 15.1. The van der Waals surface area contributed by atoms with Crippen LogP contribution in [0.3, 0.4) is 0 Å². The normalized spacial score (nSPS) is 10.9. The first-order valence-electron chi connectivity index (χ1n) is 8.78. The first kappa shape index (κ1) is 19.4.